The number of anilines is 1. The van der Waals surface area contributed by atoms with Gasteiger partial charge in [0.05, 0.1) is 26.1 Å². The number of rotatable bonds is 12. The summed E-state index contributed by atoms with van der Waals surface area (Å²) in [7, 11) is -3.92. The Morgan fingerprint density at radius 3 is 2.58 bits per heavy atom. The third-order valence-electron chi connectivity index (χ3n) is 5.29. The van der Waals surface area contributed by atoms with Gasteiger partial charge in [0.1, 0.15) is 6.04 Å². The van der Waals surface area contributed by atoms with Crippen LogP contribution in [0.4, 0.5) is 5.95 Å². The van der Waals surface area contributed by atoms with Gasteiger partial charge in [0.15, 0.2) is 17.3 Å². The number of nitrogens with one attached hydrogen (secondary N) is 2. The highest BCUT2D eigenvalue weighted by atomic mass is 31.2. The number of imidazole rings is 1. The number of carbonyl (C=O) groups excluding carboxylic acids is 2. The quantitative estimate of drug-likeness (QED) is 0.224. The van der Waals surface area contributed by atoms with E-state index < -0.39 is 37.2 Å². The van der Waals surface area contributed by atoms with Crippen molar-refractivity contribution >= 4 is 42.6 Å². The van der Waals surface area contributed by atoms with E-state index >= 15 is 0 Å². The van der Waals surface area contributed by atoms with E-state index in [1.54, 1.807) is 36.6 Å². The van der Waals surface area contributed by atoms with Gasteiger partial charge in [-0.25, -0.2) is 14.9 Å². The van der Waals surface area contributed by atoms with Crippen molar-refractivity contribution < 1.29 is 28.2 Å². The molecule has 204 valence electrons. The number of nitrogen functional groups attached to an aromatic ring is 1. The average Bonchev–Trinajstić information content (AvgIpc) is 3.26. The number of aromatic nitrogens is 4. The van der Waals surface area contributed by atoms with Crippen molar-refractivity contribution in [2.75, 3.05) is 18.9 Å². The lowest BCUT2D eigenvalue weighted by Crippen LogP contribution is -2.35. The Kier molecular flexibility index (Phi) is 9.56. The SMILES string of the molecule is CCOC(=O)[C@@H](C)NP(=O)(/C=C/c1ccccc1Cn1cnc2c(=O)[nH]c(N)nc21)O[C@H](C)C(=O)OCC. The number of hydrogen-bond acceptors (Lipinski definition) is 10. The lowest BCUT2D eigenvalue weighted by atomic mass is 10.1. The Balaban J connectivity index is 1.93. The van der Waals surface area contributed by atoms with Crippen LogP contribution in [0.5, 0.6) is 0 Å². The normalized spacial score (nSPS) is 14.7. The van der Waals surface area contributed by atoms with Gasteiger partial charge in [0.2, 0.25) is 5.95 Å². The van der Waals surface area contributed by atoms with Crippen LogP contribution in [0.1, 0.15) is 38.8 Å². The fraction of sp³-hybridized carbons (Fsp3) is 0.375. The van der Waals surface area contributed by atoms with Gasteiger partial charge in [-0.15, -0.1) is 0 Å². The van der Waals surface area contributed by atoms with Crippen molar-refractivity contribution in [2.24, 2.45) is 0 Å². The maximum atomic E-state index is 13.8. The van der Waals surface area contributed by atoms with Crippen LogP contribution < -0.4 is 16.4 Å². The van der Waals surface area contributed by atoms with E-state index in [0.29, 0.717) is 11.2 Å². The highest BCUT2D eigenvalue weighted by Gasteiger charge is 2.31. The molecule has 0 amide bonds. The maximum Gasteiger partial charge on any atom is 0.335 e. The van der Waals surface area contributed by atoms with Crippen molar-refractivity contribution in [3.05, 3.63) is 57.9 Å². The monoisotopic (exact) mass is 546 g/mol. The van der Waals surface area contributed by atoms with Crippen LogP contribution in [-0.2, 0) is 34.7 Å². The molecule has 0 aliphatic rings. The summed E-state index contributed by atoms with van der Waals surface area (Å²) in [6, 6.07) is 6.25. The summed E-state index contributed by atoms with van der Waals surface area (Å²) in [4.78, 5) is 47.1. The molecule has 3 atom stereocenters. The van der Waals surface area contributed by atoms with Crippen LogP contribution >= 0.6 is 7.52 Å². The molecule has 0 bridgehead atoms. The van der Waals surface area contributed by atoms with Gasteiger partial charge in [-0.05, 0) is 44.9 Å². The molecule has 0 spiro atoms. The van der Waals surface area contributed by atoms with Crippen LogP contribution in [-0.4, -0.2) is 56.8 Å². The number of esters is 2. The summed E-state index contributed by atoms with van der Waals surface area (Å²) in [6.45, 7) is 6.73. The van der Waals surface area contributed by atoms with E-state index in [2.05, 4.69) is 20.0 Å². The molecular weight excluding hydrogens is 515 g/mol. The third-order valence-corrected chi connectivity index (χ3v) is 7.20. The Hall–Kier alpha value is -3.80. The van der Waals surface area contributed by atoms with Gasteiger partial charge in [-0.2, -0.15) is 4.98 Å². The summed E-state index contributed by atoms with van der Waals surface area (Å²) >= 11 is 0. The zero-order valence-corrected chi connectivity index (χ0v) is 22.4. The molecule has 1 unspecified atom stereocenters. The number of H-pyrrole nitrogens is 1. The smallest absolute Gasteiger partial charge is 0.335 e. The first-order chi connectivity index (χ1) is 18.1. The zero-order chi connectivity index (χ0) is 27.9. The molecule has 0 radical (unpaired) electrons. The lowest BCUT2D eigenvalue weighted by Gasteiger charge is -2.23. The number of nitrogens with zero attached hydrogens (tertiary/aromatic N) is 3. The number of carbonyl (C=O) groups is 2. The summed E-state index contributed by atoms with van der Waals surface area (Å²) in [5.74, 6) is -0.0684. The van der Waals surface area contributed by atoms with E-state index in [0.717, 1.165) is 5.56 Å². The molecule has 0 saturated carbocycles. The Morgan fingerprint density at radius 1 is 1.18 bits per heavy atom. The molecular formula is C24H31N6O7P. The van der Waals surface area contributed by atoms with E-state index in [4.69, 9.17) is 19.7 Å². The van der Waals surface area contributed by atoms with E-state index in [9.17, 15) is 18.9 Å². The molecule has 2 aromatic heterocycles. The van der Waals surface area contributed by atoms with Crippen LogP contribution in [0, 0.1) is 0 Å². The molecule has 14 heteroatoms. The second-order valence-corrected chi connectivity index (χ2v) is 10.2. The van der Waals surface area contributed by atoms with Crippen molar-refractivity contribution in [3.63, 3.8) is 0 Å². The first-order valence-electron chi connectivity index (χ1n) is 11.9. The highest BCUT2D eigenvalue weighted by molar-refractivity contribution is 7.60. The van der Waals surface area contributed by atoms with Crippen LogP contribution in [0.25, 0.3) is 17.2 Å². The van der Waals surface area contributed by atoms with Crippen LogP contribution in [0.15, 0.2) is 41.2 Å². The average molecular weight is 547 g/mol. The van der Waals surface area contributed by atoms with Crippen molar-refractivity contribution in [1.29, 1.82) is 0 Å². The van der Waals surface area contributed by atoms with E-state index in [1.807, 2.05) is 12.1 Å². The molecule has 0 fully saturated rings. The first kappa shape index (κ1) is 28.8. The van der Waals surface area contributed by atoms with Gasteiger partial charge in [-0.1, -0.05) is 24.3 Å². The number of nitrogens with two attached hydrogens (primary N) is 1. The molecule has 3 aromatic rings. The predicted octanol–water partition coefficient (Wildman–Crippen LogP) is 2.42. The maximum absolute atomic E-state index is 13.8. The summed E-state index contributed by atoms with van der Waals surface area (Å²) < 4.78 is 31.0. The van der Waals surface area contributed by atoms with Gasteiger partial charge in [0, 0.05) is 5.82 Å². The molecule has 2 heterocycles. The minimum Gasteiger partial charge on any atom is -0.465 e. The molecule has 0 aliphatic heterocycles. The fourth-order valence-corrected chi connectivity index (χ4v) is 5.30. The standard InChI is InChI=1S/C24H31N6O7P/c1-5-35-22(32)15(3)29-38(34,37-16(4)23(33)36-6-2)12-11-17-9-7-8-10-18(17)13-30-14-26-19-20(30)27-24(25)28-21(19)31/h7-12,14-16H,5-6,13H2,1-4H3,(H,29,34)(H3,25,27,28,31)/b12-11+/t15-,16-,38?/m1/s1. The van der Waals surface area contributed by atoms with Gasteiger partial charge >= 0.3 is 11.9 Å². The van der Waals surface area contributed by atoms with Crippen molar-refractivity contribution in [3.8, 4) is 0 Å². The largest absolute Gasteiger partial charge is 0.465 e. The Labute approximate surface area is 218 Å². The van der Waals surface area contributed by atoms with Gasteiger partial charge in [0.25, 0.3) is 13.1 Å². The van der Waals surface area contributed by atoms with E-state index in [1.165, 1.54) is 26.0 Å². The molecule has 1 aromatic carbocycles. The topological polar surface area (TPSA) is 181 Å². The number of aromatic amines is 1. The molecule has 3 rings (SSSR count). The second kappa shape index (κ2) is 12.6. The molecule has 38 heavy (non-hydrogen) atoms. The number of hydrogen-bond donors (Lipinski definition) is 3. The van der Waals surface area contributed by atoms with E-state index in [-0.39, 0.29) is 31.2 Å². The summed E-state index contributed by atoms with van der Waals surface area (Å²) in [5, 5.41) is 2.66. The first-order valence-corrected chi connectivity index (χ1v) is 13.6. The summed E-state index contributed by atoms with van der Waals surface area (Å²) in [6.07, 6.45) is 1.87. The lowest BCUT2D eigenvalue weighted by molar-refractivity contribution is -0.150. The van der Waals surface area contributed by atoms with Crippen molar-refractivity contribution in [2.45, 2.75) is 46.4 Å². The highest BCUT2D eigenvalue weighted by Crippen LogP contribution is 2.47. The second-order valence-electron chi connectivity index (χ2n) is 8.21. The zero-order valence-electron chi connectivity index (χ0n) is 21.5. The Bertz CT molecular complexity index is 1400. The number of benzene rings is 1. The van der Waals surface area contributed by atoms with Crippen molar-refractivity contribution in [1.82, 2.24) is 24.6 Å². The number of ether oxygens (including phenoxy) is 2. The molecule has 0 aliphatic carbocycles. The van der Waals surface area contributed by atoms with Gasteiger partial charge in [-0.3, -0.25) is 23.7 Å². The number of fused-ring (bicyclic) bond motifs is 1. The predicted molar refractivity (Wildman–Crippen MR) is 141 cm³/mol. The Morgan fingerprint density at radius 2 is 1.87 bits per heavy atom. The molecule has 4 N–H and O–H groups in total. The third kappa shape index (κ3) is 7.15. The summed E-state index contributed by atoms with van der Waals surface area (Å²) in [5.41, 5.74) is 7.13. The fourth-order valence-electron chi connectivity index (χ4n) is 3.53. The molecule has 0 saturated heterocycles. The molecule has 13 nitrogen and oxygen atoms in total. The van der Waals surface area contributed by atoms with Gasteiger partial charge < -0.3 is 19.8 Å². The minimum absolute atomic E-state index is 0.0342. The van der Waals surface area contributed by atoms with Crippen LogP contribution in [0.2, 0.25) is 0 Å². The van der Waals surface area contributed by atoms with Crippen LogP contribution in [0.3, 0.4) is 0 Å². The minimum atomic E-state index is -3.92.